The number of likely N-dealkylation sites (N-methyl/N-ethyl adjacent to an activating group) is 1. The molecule has 0 amide bonds. The maximum absolute atomic E-state index is 4.76. The maximum Gasteiger partial charge on any atom is 0.227 e. The summed E-state index contributed by atoms with van der Waals surface area (Å²) >= 11 is 0. The van der Waals surface area contributed by atoms with Crippen LogP contribution < -0.4 is 10.2 Å². The summed E-state index contributed by atoms with van der Waals surface area (Å²) in [4.78, 5) is 14.1. The van der Waals surface area contributed by atoms with E-state index in [-0.39, 0.29) is 0 Å². The predicted molar refractivity (Wildman–Crippen MR) is 130 cm³/mol. The lowest BCUT2D eigenvalue weighted by Crippen LogP contribution is -2.44. The summed E-state index contributed by atoms with van der Waals surface area (Å²) in [6.45, 7) is 7.42. The molecule has 32 heavy (non-hydrogen) atoms. The van der Waals surface area contributed by atoms with Gasteiger partial charge in [0.05, 0.1) is 11.7 Å². The minimum Gasteiger partial charge on any atom is -0.369 e. The highest BCUT2D eigenvalue weighted by molar-refractivity contribution is 5.84. The summed E-state index contributed by atoms with van der Waals surface area (Å²) in [5, 5.41) is 8.81. The van der Waals surface area contributed by atoms with Gasteiger partial charge in [-0.1, -0.05) is 19.1 Å². The van der Waals surface area contributed by atoms with Gasteiger partial charge in [-0.15, -0.1) is 0 Å². The van der Waals surface area contributed by atoms with Gasteiger partial charge in [0.25, 0.3) is 0 Å². The van der Waals surface area contributed by atoms with Crippen molar-refractivity contribution < 1.29 is 0 Å². The fourth-order valence-corrected chi connectivity index (χ4v) is 4.08. The second kappa shape index (κ2) is 8.96. The first-order valence-electron chi connectivity index (χ1n) is 11.3. The largest absolute Gasteiger partial charge is 0.369 e. The molecule has 3 heterocycles. The molecule has 1 aliphatic rings. The number of aryl methyl sites for hydroxylation is 1. The molecule has 0 radical (unpaired) electrons. The van der Waals surface area contributed by atoms with Crippen molar-refractivity contribution in [1.82, 2.24) is 24.6 Å². The Kier molecular flexibility index (Phi) is 5.73. The van der Waals surface area contributed by atoms with Crippen molar-refractivity contribution in [2.24, 2.45) is 0 Å². The lowest BCUT2D eigenvalue weighted by Gasteiger charge is -2.34. The summed E-state index contributed by atoms with van der Waals surface area (Å²) < 4.78 is 1.98. The number of aromatic nitrogens is 4. The van der Waals surface area contributed by atoms with Crippen LogP contribution in [0, 0.1) is 0 Å². The van der Waals surface area contributed by atoms with Gasteiger partial charge in [0.1, 0.15) is 0 Å². The fourth-order valence-electron chi connectivity index (χ4n) is 4.08. The van der Waals surface area contributed by atoms with Crippen molar-refractivity contribution in [1.29, 1.82) is 0 Å². The molecule has 1 aliphatic heterocycles. The Labute approximate surface area is 188 Å². The van der Waals surface area contributed by atoms with Crippen molar-refractivity contribution in [2.45, 2.75) is 19.9 Å². The molecule has 2 aromatic heterocycles. The van der Waals surface area contributed by atoms with Gasteiger partial charge in [-0.25, -0.2) is 9.97 Å². The Morgan fingerprint density at radius 3 is 2.53 bits per heavy atom. The van der Waals surface area contributed by atoms with E-state index in [9.17, 15) is 0 Å². The van der Waals surface area contributed by atoms with Gasteiger partial charge >= 0.3 is 0 Å². The zero-order chi connectivity index (χ0) is 21.9. The Bertz CT molecular complexity index is 1190. The summed E-state index contributed by atoms with van der Waals surface area (Å²) in [7, 11) is 2.18. The first-order valence-corrected chi connectivity index (χ1v) is 11.3. The molecule has 0 bridgehead atoms. The summed E-state index contributed by atoms with van der Waals surface area (Å²) in [6, 6.07) is 14.8. The Balaban J connectivity index is 1.32. The van der Waals surface area contributed by atoms with E-state index in [1.54, 1.807) is 0 Å². The van der Waals surface area contributed by atoms with Crippen LogP contribution in [0.15, 0.2) is 61.1 Å². The van der Waals surface area contributed by atoms with Crippen LogP contribution in [0.25, 0.3) is 22.0 Å². The van der Waals surface area contributed by atoms with E-state index < -0.39 is 0 Å². The fraction of sp³-hybridized carbons (Fsp3) is 0.320. The zero-order valence-electron chi connectivity index (χ0n) is 18.7. The van der Waals surface area contributed by atoms with Gasteiger partial charge in [-0.3, -0.25) is 4.68 Å². The quantitative estimate of drug-likeness (QED) is 0.492. The molecular formula is C25H29N7. The topological polar surface area (TPSA) is 62.1 Å². The highest BCUT2D eigenvalue weighted by Gasteiger charge is 2.14. The second-order valence-electron chi connectivity index (χ2n) is 8.42. The number of hydrogen-bond donors (Lipinski definition) is 1. The molecule has 1 N–H and O–H groups in total. The number of benzene rings is 2. The number of anilines is 3. The van der Waals surface area contributed by atoms with Crippen LogP contribution in [0.5, 0.6) is 0 Å². The summed E-state index contributed by atoms with van der Waals surface area (Å²) in [6.07, 6.45) is 6.94. The second-order valence-corrected chi connectivity index (χ2v) is 8.42. The number of fused-ring (bicyclic) bond motifs is 1. The Morgan fingerprint density at radius 2 is 1.75 bits per heavy atom. The molecule has 0 unspecified atom stereocenters. The first kappa shape index (κ1) is 20.5. The summed E-state index contributed by atoms with van der Waals surface area (Å²) in [5.41, 5.74) is 5.38. The van der Waals surface area contributed by atoms with Crippen LogP contribution >= 0.6 is 0 Å². The average molecular weight is 428 g/mol. The number of nitrogens with zero attached hydrogens (tertiary/aromatic N) is 6. The van der Waals surface area contributed by atoms with Gasteiger partial charge in [-0.2, -0.15) is 5.10 Å². The number of rotatable bonds is 6. The van der Waals surface area contributed by atoms with Crippen LogP contribution in [0.4, 0.5) is 17.3 Å². The van der Waals surface area contributed by atoms with E-state index in [2.05, 4.69) is 87.8 Å². The van der Waals surface area contributed by atoms with Crippen LogP contribution in [0.1, 0.15) is 13.3 Å². The van der Waals surface area contributed by atoms with Crippen molar-refractivity contribution in [3.63, 3.8) is 0 Å². The number of hydrogen-bond acceptors (Lipinski definition) is 6. The Hall–Kier alpha value is -3.45. The normalized spacial score (nSPS) is 14.8. The van der Waals surface area contributed by atoms with E-state index >= 15 is 0 Å². The van der Waals surface area contributed by atoms with Crippen molar-refractivity contribution >= 4 is 28.2 Å². The van der Waals surface area contributed by atoms with Crippen LogP contribution in [0.2, 0.25) is 0 Å². The molecule has 0 spiro atoms. The molecule has 7 heteroatoms. The molecule has 1 fully saturated rings. The van der Waals surface area contributed by atoms with Gasteiger partial charge in [-0.05, 0) is 49.4 Å². The van der Waals surface area contributed by atoms with Crippen LogP contribution in [-0.2, 0) is 6.54 Å². The first-order chi connectivity index (χ1) is 15.7. The van der Waals surface area contributed by atoms with Crippen molar-refractivity contribution in [3.05, 3.63) is 61.1 Å². The lowest BCUT2D eigenvalue weighted by molar-refractivity contribution is 0.313. The minimum atomic E-state index is 0.601. The third-order valence-electron chi connectivity index (χ3n) is 5.99. The monoisotopic (exact) mass is 427 g/mol. The zero-order valence-corrected chi connectivity index (χ0v) is 18.7. The smallest absolute Gasteiger partial charge is 0.227 e. The standard InChI is InChI=1S/C25H29N7/c1-3-10-32-18-21(17-27-32)19-4-5-20-16-26-25(29-24(20)15-19)28-22-6-8-23(9-7-22)31-13-11-30(2)12-14-31/h4-9,15-18H,3,10-14H2,1-2H3,(H,26,28,29). The Morgan fingerprint density at radius 1 is 0.938 bits per heavy atom. The van der Waals surface area contributed by atoms with Gasteiger partial charge in [0.2, 0.25) is 5.95 Å². The predicted octanol–water partition coefficient (Wildman–Crippen LogP) is 4.40. The molecule has 2 aromatic carbocycles. The van der Waals surface area contributed by atoms with Crippen LogP contribution in [-0.4, -0.2) is 57.9 Å². The number of piperazine rings is 1. The van der Waals surface area contributed by atoms with E-state index in [0.717, 1.165) is 66.9 Å². The lowest BCUT2D eigenvalue weighted by atomic mass is 10.1. The molecule has 4 aromatic rings. The van der Waals surface area contributed by atoms with Crippen LogP contribution in [0.3, 0.4) is 0 Å². The maximum atomic E-state index is 4.76. The van der Waals surface area contributed by atoms with Gasteiger partial charge < -0.3 is 15.1 Å². The van der Waals surface area contributed by atoms with E-state index in [0.29, 0.717) is 5.95 Å². The van der Waals surface area contributed by atoms with Gasteiger partial charge in [0, 0.05) is 67.4 Å². The number of nitrogens with one attached hydrogen (secondary N) is 1. The van der Waals surface area contributed by atoms with Gasteiger partial charge in [0.15, 0.2) is 0 Å². The van der Waals surface area contributed by atoms with E-state index in [4.69, 9.17) is 4.98 Å². The molecule has 0 saturated carbocycles. The van der Waals surface area contributed by atoms with Crippen molar-refractivity contribution in [2.75, 3.05) is 43.4 Å². The minimum absolute atomic E-state index is 0.601. The molecular weight excluding hydrogens is 398 g/mol. The molecule has 1 saturated heterocycles. The average Bonchev–Trinajstić information content (AvgIpc) is 3.29. The molecule has 7 nitrogen and oxygen atoms in total. The SMILES string of the molecule is CCCn1cc(-c2ccc3cnc(Nc4ccc(N5CCN(C)CC5)cc4)nc3c2)cn1. The highest BCUT2D eigenvalue weighted by Crippen LogP contribution is 2.25. The van der Waals surface area contributed by atoms with E-state index in [1.165, 1.54) is 5.69 Å². The van der Waals surface area contributed by atoms with Crippen molar-refractivity contribution in [3.8, 4) is 11.1 Å². The third kappa shape index (κ3) is 4.43. The molecule has 0 atom stereocenters. The van der Waals surface area contributed by atoms with E-state index in [1.807, 2.05) is 17.1 Å². The summed E-state index contributed by atoms with van der Waals surface area (Å²) in [5.74, 6) is 0.601. The highest BCUT2D eigenvalue weighted by atomic mass is 15.3. The molecule has 5 rings (SSSR count). The third-order valence-corrected chi connectivity index (χ3v) is 5.99. The molecule has 0 aliphatic carbocycles. The molecule has 164 valence electrons.